The van der Waals surface area contributed by atoms with Crippen molar-refractivity contribution in [1.82, 2.24) is 4.31 Å². The molecule has 1 unspecified atom stereocenters. The van der Waals surface area contributed by atoms with Gasteiger partial charge in [0.15, 0.2) is 0 Å². The van der Waals surface area contributed by atoms with E-state index < -0.39 is 10.0 Å². The van der Waals surface area contributed by atoms with Gasteiger partial charge in [-0.25, -0.2) is 8.42 Å². The van der Waals surface area contributed by atoms with E-state index in [1.807, 2.05) is 0 Å². The van der Waals surface area contributed by atoms with E-state index in [4.69, 9.17) is 5.73 Å². The van der Waals surface area contributed by atoms with Crippen molar-refractivity contribution in [3.63, 3.8) is 0 Å². The van der Waals surface area contributed by atoms with Crippen molar-refractivity contribution in [3.8, 4) is 0 Å². The van der Waals surface area contributed by atoms with Crippen LogP contribution < -0.4 is 5.73 Å². The molecular weight excluding hydrogens is 264 g/mol. The SMILES string of the molecule is Cc1ccc(N)cc1S(=O)(=O)N1CCCCC1CO. The largest absolute Gasteiger partial charge is 0.399 e. The fraction of sp³-hybridized carbons (Fsp3) is 0.538. The molecule has 5 nitrogen and oxygen atoms in total. The zero-order chi connectivity index (χ0) is 14.0. The number of anilines is 1. The first-order valence-corrected chi connectivity index (χ1v) is 7.89. The summed E-state index contributed by atoms with van der Waals surface area (Å²) in [7, 11) is -3.58. The summed E-state index contributed by atoms with van der Waals surface area (Å²) in [5.74, 6) is 0. The third-order valence-corrected chi connectivity index (χ3v) is 5.68. The summed E-state index contributed by atoms with van der Waals surface area (Å²) in [4.78, 5) is 0.243. The Morgan fingerprint density at radius 1 is 1.42 bits per heavy atom. The number of sulfonamides is 1. The Morgan fingerprint density at radius 2 is 2.16 bits per heavy atom. The first kappa shape index (κ1) is 14.3. The van der Waals surface area contributed by atoms with E-state index in [2.05, 4.69) is 0 Å². The molecule has 1 atom stereocenters. The Bertz CT molecular complexity index is 557. The molecule has 1 aromatic rings. The van der Waals surface area contributed by atoms with Crippen LogP contribution in [0, 0.1) is 6.92 Å². The summed E-state index contributed by atoms with van der Waals surface area (Å²) < 4.78 is 26.8. The zero-order valence-electron chi connectivity index (χ0n) is 11.0. The number of aliphatic hydroxyl groups excluding tert-OH is 1. The lowest BCUT2D eigenvalue weighted by Gasteiger charge is -2.33. The van der Waals surface area contributed by atoms with Gasteiger partial charge < -0.3 is 10.8 Å². The second-order valence-electron chi connectivity index (χ2n) is 4.97. The van der Waals surface area contributed by atoms with E-state index in [9.17, 15) is 13.5 Å². The molecule has 2 rings (SSSR count). The van der Waals surface area contributed by atoms with Gasteiger partial charge in [0, 0.05) is 18.3 Å². The van der Waals surface area contributed by atoms with Crippen LogP contribution in [0.15, 0.2) is 23.1 Å². The standard InChI is InChI=1S/C13H20N2O3S/c1-10-5-6-11(14)8-13(10)19(17,18)15-7-3-2-4-12(15)9-16/h5-6,8,12,16H,2-4,7,9,14H2,1H3. The van der Waals surface area contributed by atoms with Crippen LogP contribution in [0.5, 0.6) is 0 Å². The van der Waals surface area contributed by atoms with Crippen LogP contribution >= 0.6 is 0 Å². The second-order valence-corrected chi connectivity index (χ2v) is 6.83. The number of aryl methyl sites for hydroxylation is 1. The molecule has 0 radical (unpaired) electrons. The summed E-state index contributed by atoms with van der Waals surface area (Å²) in [6.45, 7) is 2.08. The molecule has 3 N–H and O–H groups in total. The fourth-order valence-electron chi connectivity index (χ4n) is 2.49. The molecule has 1 saturated heterocycles. The van der Waals surface area contributed by atoms with E-state index in [1.165, 1.54) is 10.4 Å². The van der Waals surface area contributed by atoms with E-state index in [1.54, 1.807) is 19.1 Å². The van der Waals surface area contributed by atoms with E-state index in [0.29, 0.717) is 24.2 Å². The zero-order valence-corrected chi connectivity index (χ0v) is 11.9. The monoisotopic (exact) mass is 284 g/mol. The molecule has 1 aliphatic heterocycles. The lowest BCUT2D eigenvalue weighted by molar-refractivity contribution is 0.155. The van der Waals surface area contributed by atoms with Crippen molar-refractivity contribution in [2.75, 3.05) is 18.9 Å². The maximum atomic E-state index is 12.7. The van der Waals surface area contributed by atoms with Gasteiger partial charge in [-0.05, 0) is 37.5 Å². The Kier molecular flexibility index (Phi) is 4.13. The van der Waals surface area contributed by atoms with Gasteiger partial charge >= 0.3 is 0 Å². The number of aliphatic hydroxyl groups is 1. The van der Waals surface area contributed by atoms with Crippen molar-refractivity contribution in [2.24, 2.45) is 0 Å². The van der Waals surface area contributed by atoms with Gasteiger partial charge in [-0.2, -0.15) is 4.31 Å². The highest BCUT2D eigenvalue weighted by molar-refractivity contribution is 7.89. The second kappa shape index (κ2) is 5.48. The Morgan fingerprint density at radius 3 is 2.84 bits per heavy atom. The molecular formula is C13H20N2O3S. The third kappa shape index (κ3) is 2.75. The van der Waals surface area contributed by atoms with Crippen LogP contribution in [0.1, 0.15) is 24.8 Å². The highest BCUT2D eigenvalue weighted by atomic mass is 32.2. The van der Waals surface area contributed by atoms with Crippen LogP contribution in [0.4, 0.5) is 5.69 Å². The lowest BCUT2D eigenvalue weighted by atomic mass is 10.1. The predicted octanol–water partition coefficient (Wildman–Crippen LogP) is 1.11. The maximum absolute atomic E-state index is 12.7. The van der Waals surface area contributed by atoms with Crippen LogP contribution in [0.3, 0.4) is 0 Å². The summed E-state index contributed by atoms with van der Waals surface area (Å²) in [6.07, 6.45) is 2.49. The smallest absolute Gasteiger partial charge is 0.243 e. The molecule has 1 aliphatic rings. The van der Waals surface area contributed by atoms with Crippen molar-refractivity contribution in [1.29, 1.82) is 0 Å². The molecule has 0 aromatic heterocycles. The predicted molar refractivity (Wildman–Crippen MR) is 74.2 cm³/mol. The Balaban J connectivity index is 2.43. The average molecular weight is 284 g/mol. The summed E-state index contributed by atoms with van der Waals surface area (Å²) >= 11 is 0. The number of rotatable bonds is 3. The van der Waals surface area contributed by atoms with Gasteiger partial charge in [0.1, 0.15) is 0 Å². The minimum Gasteiger partial charge on any atom is -0.399 e. The molecule has 0 saturated carbocycles. The Labute approximate surface area is 114 Å². The summed E-state index contributed by atoms with van der Waals surface area (Å²) in [6, 6.07) is 4.57. The highest BCUT2D eigenvalue weighted by Crippen LogP contribution is 2.28. The van der Waals surface area contributed by atoms with E-state index in [0.717, 1.165) is 12.8 Å². The summed E-state index contributed by atoms with van der Waals surface area (Å²) in [5.41, 5.74) is 6.80. The van der Waals surface area contributed by atoms with Gasteiger partial charge in [0.2, 0.25) is 10.0 Å². The molecule has 6 heteroatoms. The number of hydrogen-bond acceptors (Lipinski definition) is 4. The Hall–Kier alpha value is -1.11. The first-order chi connectivity index (χ1) is 8.96. The molecule has 1 aromatic carbocycles. The van der Waals surface area contributed by atoms with E-state index >= 15 is 0 Å². The quantitative estimate of drug-likeness (QED) is 0.815. The number of nitrogens with two attached hydrogens (primary N) is 1. The lowest BCUT2D eigenvalue weighted by Crippen LogP contribution is -2.45. The number of piperidine rings is 1. The van der Waals surface area contributed by atoms with Crippen molar-refractivity contribution in [3.05, 3.63) is 23.8 Å². The first-order valence-electron chi connectivity index (χ1n) is 6.45. The third-order valence-electron chi connectivity index (χ3n) is 3.58. The van der Waals surface area contributed by atoms with Crippen LogP contribution in [0.2, 0.25) is 0 Å². The van der Waals surface area contributed by atoms with Gasteiger partial charge in [0.05, 0.1) is 11.5 Å². The minimum atomic E-state index is -3.58. The minimum absolute atomic E-state index is 0.138. The van der Waals surface area contributed by atoms with Gasteiger partial charge in [-0.3, -0.25) is 0 Å². The van der Waals surface area contributed by atoms with Crippen LogP contribution in [-0.4, -0.2) is 37.0 Å². The molecule has 0 aliphatic carbocycles. The van der Waals surface area contributed by atoms with Crippen LogP contribution in [-0.2, 0) is 10.0 Å². The topological polar surface area (TPSA) is 83.6 Å². The number of nitrogen functional groups attached to an aromatic ring is 1. The van der Waals surface area contributed by atoms with Crippen LogP contribution in [0.25, 0.3) is 0 Å². The number of benzene rings is 1. The molecule has 1 fully saturated rings. The molecule has 0 spiro atoms. The number of hydrogen-bond donors (Lipinski definition) is 2. The number of nitrogens with zero attached hydrogens (tertiary/aromatic N) is 1. The molecule has 0 bridgehead atoms. The van der Waals surface area contributed by atoms with Gasteiger partial charge in [-0.15, -0.1) is 0 Å². The highest BCUT2D eigenvalue weighted by Gasteiger charge is 2.33. The molecule has 106 valence electrons. The normalized spacial score (nSPS) is 21.5. The fourth-order valence-corrected chi connectivity index (χ4v) is 4.44. The average Bonchev–Trinajstić information content (AvgIpc) is 2.41. The van der Waals surface area contributed by atoms with E-state index in [-0.39, 0.29) is 17.5 Å². The summed E-state index contributed by atoms with van der Waals surface area (Å²) in [5, 5.41) is 9.36. The van der Waals surface area contributed by atoms with Crippen molar-refractivity contribution < 1.29 is 13.5 Å². The molecule has 0 amide bonds. The van der Waals surface area contributed by atoms with Gasteiger partial charge in [-0.1, -0.05) is 12.5 Å². The van der Waals surface area contributed by atoms with Gasteiger partial charge in [0.25, 0.3) is 0 Å². The molecule has 19 heavy (non-hydrogen) atoms. The molecule has 1 heterocycles. The maximum Gasteiger partial charge on any atom is 0.243 e. The van der Waals surface area contributed by atoms with Crippen molar-refractivity contribution in [2.45, 2.75) is 37.1 Å². The van der Waals surface area contributed by atoms with Crippen molar-refractivity contribution >= 4 is 15.7 Å².